The molecule has 19 heavy (non-hydrogen) atoms. The third-order valence-electron chi connectivity index (χ3n) is 4.56. The maximum Gasteiger partial charge on any atom is 0.0897 e. The first kappa shape index (κ1) is 13.5. The highest BCUT2D eigenvalue weighted by atomic mass is 32.1. The average Bonchev–Trinajstić information content (AvgIpc) is 3.00. The molecule has 1 atom stereocenters. The normalized spacial score (nSPS) is 28.1. The number of methoxy groups -OCH3 is 1. The van der Waals surface area contributed by atoms with Gasteiger partial charge in [-0.05, 0) is 19.8 Å². The molecular weight excluding hydrogens is 258 g/mol. The molecule has 0 unspecified atom stereocenters. The van der Waals surface area contributed by atoms with Crippen molar-refractivity contribution in [3.63, 3.8) is 0 Å². The summed E-state index contributed by atoms with van der Waals surface area (Å²) in [7, 11) is 1.78. The summed E-state index contributed by atoms with van der Waals surface area (Å²) in [6.07, 6.45) is 2.65. The second kappa shape index (κ2) is 5.48. The third-order valence-corrected chi connectivity index (χ3v) is 5.38. The molecule has 1 spiro atoms. The molecule has 0 bridgehead atoms. The zero-order valence-electron chi connectivity index (χ0n) is 11.9. The van der Waals surface area contributed by atoms with E-state index in [0.29, 0.717) is 5.54 Å². The van der Waals surface area contributed by atoms with Crippen LogP contribution in [0.25, 0.3) is 0 Å². The number of aromatic nitrogens is 1. The second-order valence-electron chi connectivity index (χ2n) is 5.77. The molecule has 1 aromatic rings. The summed E-state index contributed by atoms with van der Waals surface area (Å²) < 4.78 is 5.18. The molecule has 2 saturated heterocycles. The SMILES string of the molecule is COCCN1CC[C@@]2(CCN2Cc2csc(C)n2)C1. The minimum absolute atomic E-state index is 0.436. The van der Waals surface area contributed by atoms with Crippen LogP contribution in [0.3, 0.4) is 0 Å². The van der Waals surface area contributed by atoms with E-state index >= 15 is 0 Å². The van der Waals surface area contributed by atoms with Crippen molar-refractivity contribution in [2.45, 2.75) is 31.8 Å². The smallest absolute Gasteiger partial charge is 0.0897 e. The number of hydrogen-bond donors (Lipinski definition) is 0. The van der Waals surface area contributed by atoms with Gasteiger partial charge >= 0.3 is 0 Å². The maximum atomic E-state index is 5.18. The summed E-state index contributed by atoms with van der Waals surface area (Å²) in [6.45, 7) is 8.69. The number of thiazole rings is 1. The molecule has 0 N–H and O–H groups in total. The minimum atomic E-state index is 0.436. The standard InChI is InChI=1S/C14H23N3OS/c1-12-15-13(10-19-12)9-17-6-4-14(17)3-5-16(11-14)7-8-18-2/h10H,3-9,11H2,1-2H3/t14-/m1/s1. The van der Waals surface area contributed by atoms with Gasteiger partial charge in [0.1, 0.15) is 0 Å². The molecule has 0 aromatic carbocycles. The molecule has 0 radical (unpaired) electrons. The molecule has 4 nitrogen and oxygen atoms in total. The van der Waals surface area contributed by atoms with Gasteiger partial charge in [0.15, 0.2) is 0 Å². The Labute approximate surface area is 119 Å². The summed E-state index contributed by atoms with van der Waals surface area (Å²) >= 11 is 1.76. The Kier molecular flexibility index (Phi) is 3.89. The Morgan fingerprint density at radius 3 is 2.89 bits per heavy atom. The molecule has 2 aliphatic rings. The van der Waals surface area contributed by atoms with Crippen LogP contribution in [0.1, 0.15) is 23.5 Å². The lowest BCUT2D eigenvalue weighted by Gasteiger charge is -2.50. The lowest BCUT2D eigenvalue weighted by Crippen LogP contribution is -2.60. The first-order valence-corrected chi connectivity index (χ1v) is 7.97. The zero-order chi connectivity index (χ0) is 13.3. The second-order valence-corrected chi connectivity index (χ2v) is 6.83. The average molecular weight is 281 g/mol. The van der Waals surface area contributed by atoms with Gasteiger partial charge in [0.2, 0.25) is 0 Å². The van der Waals surface area contributed by atoms with Crippen LogP contribution in [0.4, 0.5) is 0 Å². The molecule has 2 aliphatic heterocycles. The fraction of sp³-hybridized carbons (Fsp3) is 0.786. The molecule has 0 amide bonds. The van der Waals surface area contributed by atoms with E-state index in [9.17, 15) is 0 Å². The van der Waals surface area contributed by atoms with Gasteiger partial charge in [-0.15, -0.1) is 11.3 Å². The van der Waals surface area contributed by atoms with Crippen molar-refractivity contribution in [2.24, 2.45) is 0 Å². The highest BCUT2D eigenvalue weighted by Crippen LogP contribution is 2.39. The minimum Gasteiger partial charge on any atom is -0.383 e. The number of nitrogens with zero attached hydrogens (tertiary/aromatic N) is 3. The van der Waals surface area contributed by atoms with Crippen LogP contribution in [0.5, 0.6) is 0 Å². The predicted molar refractivity (Wildman–Crippen MR) is 77.5 cm³/mol. The third kappa shape index (κ3) is 2.70. The molecule has 1 aromatic heterocycles. The van der Waals surface area contributed by atoms with Gasteiger partial charge in [-0.25, -0.2) is 4.98 Å². The lowest BCUT2D eigenvalue weighted by atomic mass is 9.83. The Hall–Kier alpha value is -0.490. The molecular formula is C14H23N3OS. The van der Waals surface area contributed by atoms with E-state index in [1.165, 1.54) is 43.2 Å². The Morgan fingerprint density at radius 1 is 1.42 bits per heavy atom. The van der Waals surface area contributed by atoms with Crippen molar-refractivity contribution in [3.8, 4) is 0 Å². The van der Waals surface area contributed by atoms with Crippen LogP contribution >= 0.6 is 11.3 Å². The van der Waals surface area contributed by atoms with Gasteiger partial charge in [-0.1, -0.05) is 0 Å². The molecule has 3 heterocycles. The first-order chi connectivity index (χ1) is 9.22. The number of rotatable bonds is 5. The summed E-state index contributed by atoms with van der Waals surface area (Å²) in [6, 6.07) is 0. The molecule has 106 valence electrons. The van der Waals surface area contributed by atoms with Crippen molar-refractivity contribution < 1.29 is 4.74 Å². The quantitative estimate of drug-likeness (QED) is 0.822. The van der Waals surface area contributed by atoms with E-state index in [1.54, 1.807) is 18.4 Å². The van der Waals surface area contributed by atoms with Gasteiger partial charge in [-0.3, -0.25) is 9.80 Å². The molecule has 2 fully saturated rings. The molecule has 0 saturated carbocycles. The fourth-order valence-electron chi connectivity index (χ4n) is 3.32. The van der Waals surface area contributed by atoms with Gasteiger partial charge in [0.05, 0.1) is 17.3 Å². The highest BCUT2D eigenvalue weighted by Gasteiger charge is 2.48. The molecule has 0 aliphatic carbocycles. The van der Waals surface area contributed by atoms with Crippen LogP contribution in [-0.4, -0.2) is 60.2 Å². The van der Waals surface area contributed by atoms with Crippen molar-refractivity contribution >= 4 is 11.3 Å². The van der Waals surface area contributed by atoms with E-state index in [-0.39, 0.29) is 0 Å². The fourth-order valence-corrected chi connectivity index (χ4v) is 3.93. The largest absolute Gasteiger partial charge is 0.383 e. The van der Waals surface area contributed by atoms with Crippen LogP contribution < -0.4 is 0 Å². The zero-order valence-corrected chi connectivity index (χ0v) is 12.7. The van der Waals surface area contributed by atoms with Crippen LogP contribution in [-0.2, 0) is 11.3 Å². The van der Waals surface area contributed by atoms with Crippen LogP contribution in [0.2, 0.25) is 0 Å². The van der Waals surface area contributed by atoms with Crippen molar-refractivity contribution in [1.82, 2.24) is 14.8 Å². The lowest BCUT2D eigenvalue weighted by molar-refractivity contribution is -0.0160. The van der Waals surface area contributed by atoms with Crippen LogP contribution in [0, 0.1) is 6.92 Å². The predicted octanol–water partition coefficient (Wildman–Crippen LogP) is 1.75. The summed E-state index contributed by atoms with van der Waals surface area (Å²) in [5.74, 6) is 0. The Morgan fingerprint density at radius 2 is 2.26 bits per heavy atom. The summed E-state index contributed by atoms with van der Waals surface area (Å²) in [5.41, 5.74) is 1.68. The van der Waals surface area contributed by atoms with E-state index < -0.39 is 0 Å². The maximum absolute atomic E-state index is 5.18. The van der Waals surface area contributed by atoms with Gasteiger partial charge in [-0.2, -0.15) is 0 Å². The van der Waals surface area contributed by atoms with E-state index in [2.05, 4.69) is 27.1 Å². The number of ether oxygens (including phenoxy) is 1. The van der Waals surface area contributed by atoms with Crippen molar-refractivity contribution in [3.05, 3.63) is 16.1 Å². The number of hydrogen-bond acceptors (Lipinski definition) is 5. The Balaban J connectivity index is 1.57. The van der Waals surface area contributed by atoms with Gasteiger partial charge in [0, 0.05) is 50.8 Å². The van der Waals surface area contributed by atoms with E-state index in [4.69, 9.17) is 4.74 Å². The van der Waals surface area contributed by atoms with Crippen LogP contribution in [0.15, 0.2) is 5.38 Å². The number of aryl methyl sites for hydroxylation is 1. The molecule has 3 rings (SSSR count). The highest BCUT2D eigenvalue weighted by molar-refractivity contribution is 7.09. The summed E-state index contributed by atoms with van der Waals surface area (Å²) in [4.78, 5) is 9.78. The Bertz CT molecular complexity index is 436. The van der Waals surface area contributed by atoms with Crippen molar-refractivity contribution in [2.75, 3.05) is 39.9 Å². The molecule has 5 heteroatoms. The van der Waals surface area contributed by atoms with Crippen molar-refractivity contribution in [1.29, 1.82) is 0 Å². The number of likely N-dealkylation sites (tertiary alicyclic amines) is 2. The topological polar surface area (TPSA) is 28.6 Å². The monoisotopic (exact) mass is 281 g/mol. The first-order valence-electron chi connectivity index (χ1n) is 7.09. The summed E-state index contributed by atoms with van der Waals surface area (Å²) in [5, 5.41) is 3.39. The van der Waals surface area contributed by atoms with Gasteiger partial charge < -0.3 is 4.74 Å². The van der Waals surface area contributed by atoms with E-state index in [0.717, 1.165) is 19.7 Å². The van der Waals surface area contributed by atoms with Gasteiger partial charge in [0.25, 0.3) is 0 Å². The van der Waals surface area contributed by atoms with E-state index in [1.807, 2.05) is 0 Å².